The molecule has 3 aromatic rings. The van der Waals surface area contributed by atoms with Gasteiger partial charge in [-0.2, -0.15) is 5.10 Å². The van der Waals surface area contributed by atoms with E-state index in [2.05, 4.69) is 10.1 Å². The predicted molar refractivity (Wildman–Crippen MR) is 66.6 cm³/mol. The molecule has 0 saturated carbocycles. The fourth-order valence-electron chi connectivity index (χ4n) is 1.87. The first-order chi connectivity index (χ1) is 8.29. The number of halogens is 1. The zero-order chi connectivity index (χ0) is 11.8. The number of alkyl halides is 1. The van der Waals surface area contributed by atoms with Crippen molar-refractivity contribution in [2.24, 2.45) is 0 Å². The molecule has 3 heterocycles. The molecule has 0 atom stereocenters. The minimum atomic E-state index is 0.402. The normalized spacial score (nSPS) is 11.2. The predicted octanol–water partition coefficient (Wildman–Crippen LogP) is 2.57. The Bertz CT molecular complexity index is 668. The molecule has 0 amide bonds. The average molecular weight is 247 g/mol. The highest BCUT2D eigenvalue weighted by Gasteiger charge is 2.12. The van der Waals surface area contributed by atoms with Crippen molar-refractivity contribution in [2.45, 2.75) is 12.8 Å². The van der Waals surface area contributed by atoms with E-state index in [1.165, 1.54) is 0 Å². The van der Waals surface area contributed by atoms with Crippen LogP contribution in [0, 0.1) is 6.92 Å². The molecule has 0 N–H and O–H groups in total. The Labute approximate surface area is 103 Å². The molecule has 0 bridgehead atoms. The van der Waals surface area contributed by atoms with Gasteiger partial charge in [-0.05, 0) is 25.1 Å². The molecule has 0 aliphatic rings. The topological polar surface area (TPSA) is 35.1 Å². The van der Waals surface area contributed by atoms with E-state index in [4.69, 9.17) is 11.6 Å². The van der Waals surface area contributed by atoms with E-state index in [9.17, 15) is 0 Å². The molecule has 0 radical (unpaired) electrons. The summed E-state index contributed by atoms with van der Waals surface area (Å²) in [5, 5.41) is 4.37. The fraction of sp³-hybridized carbons (Fsp3) is 0.167. The van der Waals surface area contributed by atoms with Crippen LogP contribution in [-0.2, 0) is 5.88 Å². The summed E-state index contributed by atoms with van der Waals surface area (Å²) in [6.45, 7) is 1.95. The van der Waals surface area contributed by atoms with E-state index in [0.717, 1.165) is 22.9 Å². The lowest BCUT2D eigenvalue weighted by molar-refractivity contribution is 0.829. The van der Waals surface area contributed by atoms with Crippen LogP contribution in [0.1, 0.15) is 11.4 Å². The number of nitrogens with zero attached hydrogens (tertiary/aromatic N) is 4. The van der Waals surface area contributed by atoms with Gasteiger partial charge in [0, 0.05) is 12.4 Å². The molecule has 0 aliphatic carbocycles. The third kappa shape index (κ3) is 1.61. The third-order valence-electron chi connectivity index (χ3n) is 2.67. The molecule has 3 rings (SSSR count). The highest BCUT2D eigenvalue weighted by Crippen LogP contribution is 2.18. The summed E-state index contributed by atoms with van der Waals surface area (Å²) < 4.78 is 3.75. The van der Waals surface area contributed by atoms with Crippen molar-refractivity contribution >= 4 is 17.2 Å². The van der Waals surface area contributed by atoms with Crippen molar-refractivity contribution in [1.82, 2.24) is 19.2 Å². The van der Waals surface area contributed by atoms with Crippen molar-refractivity contribution in [3.63, 3.8) is 0 Å². The summed E-state index contributed by atoms with van der Waals surface area (Å²) in [6.07, 6.45) is 3.85. The third-order valence-corrected chi connectivity index (χ3v) is 2.93. The van der Waals surface area contributed by atoms with Gasteiger partial charge in [0.2, 0.25) is 0 Å². The van der Waals surface area contributed by atoms with E-state index >= 15 is 0 Å². The molecule has 4 nitrogen and oxygen atoms in total. The van der Waals surface area contributed by atoms with Gasteiger partial charge < -0.3 is 4.40 Å². The summed E-state index contributed by atoms with van der Waals surface area (Å²) in [5.74, 6) is 1.19. The van der Waals surface area contributed by atoms with Crippen LogP contribution in [0.15, 0.2) is 36.7 Å². The Morgan fingerprint density at radius 1 is 1.24 bits per heavy atom. The highest BCUT2D eigenvalue weighted by atomic mass is 35.5. The van der Waals surface area contributed by atoms with Crippen molar-refractivity contribution in [2.75, 3.05) is 0 Å². The number of fused-ring (bicyclic) bond motifs is 1. The molecular weight excluding hydrogens is 236 g/mol. The minimum Gasteiger partial charge on any atom is -0.301 e. The molecule has 0 saturated heterocycles. The summed E-state index contributed by atoms with van der Waals surface area (Å²) >= 11 is 6.01. The maximum atomic E-state index is 6.01. The molecule has 5 heteroatoms. The van der Waals surface area contributed by atoms with Gasteiger partial charge in [0.15, 0.2) is 5.82 Å². The van der Waals surface area contributed by atoms with Gasteiger partial charge in [0.1, 0.15) is 5.65 Å². The summed E-state index contributed by atoms with van der Waals surface area (Å²) in [4.78, 5) is 4.55. The summed E-state index contributed by atoms with van der Waals surface area (Å²) in [6, 6.07) is 7.82. The van der Waals surface area contributed by atoms with Gasteiger partial charge in [0.25, 0.3) is 0 Å². The lowest BCUT2D eigenvalue weighted by atomic mass is 10.4. The molecule has 0 fully saturated rings. The second-order valence-corrected chi connectivity index (χ2v) is 4.11. The molecular formula is C12H11ClN4. The number of aryl methyl sites for hydroxylation is 1. The van der Waals surface area contributed by atoms with Crippen LogP contribution in [0.25, 0.3) is 11.5 Å². The van der Waals surface area contributed by atoms with Crippen LogP contribution in [0.4, 0.5) is 0 Å². The van der Waals surface area contributed by atoms with Crippen LogP contribution in [0.3, 0.4) is 0 Å². The lowest BCUT2D eigenvalue weighted by Crippen LogP contribution is -2.00. The van der Waals surface area contributed by atoms with E-state index < -0.39 is 0 Å². The fourth-order valence-corrected chi connectivity index (χ4v) is 2.12. The quantitative estimate of drug-likeness (QED) is 0.652. The average Bonchev–Trinajstić information content (AvgIpc) is 2.91. The van der Waals surface area contributed by atoms with Crippen LogP contribution < -0.4 is 0 Å². The maximum absolute atomic E-state index is 6.01. The second-order valence-electron chi connectivity index (χ2n) is 3.85. The number of rotatable bonds is 2. The van der Waals surface area contributed by atoms with Crippen molar-refractivity contribution < 1.29 is 0 Å². The molecule has 86 valence electrons. The zero-order valence-corrected chi connectivity index (χ0v) is 10.1. The smallest absolute Gasteiger partial charge is 0.176 e. The Morgan fingerprint density at radius 2 is 2.12 bits per heavy atom. The van der Waals surface area contributed by atoms with Crippen molar-refractivity contribution in [3.05, 3.63) is 48.0 Å². The van der Waals surface area contributed by atoms with E-state index in [0.29, 0.717) is 5.88 Å². The van der Waals surface area contributed by atoms with Gasteiger partial charge in [-0.15, -0.1) is 11.6 Å². The standard InChI is InChI=1S/C12H11ClN4/c1-9-5-7-17(15-9)12-10(8-13)16-6-3-2-4-11(16)14-12/h2-7H,8H2,1H3. The van der Waals surface area contributed by atoms with Crippen molar-refractivity contribution in [3.8, 4) is 5.82 Å². The number of hydrogen-bond donors (Lipinski definition) is 0. The van der Waals surface area contributed by atoms with Crippen LogP contribution >= 0.6 is 11.6 Å². The molecule has 0 aromatic carbocycles. The van der Waals surface area contributed by atoms with Crippen LogP contribution in [0.2, 0.25) is 0 Å². The minimum absolute atomic E-state index is 0.402. The first kappa shape index (κ1) is 10.4. The largest absolute Gasteiger partial charge is 0.301 e. The number of hydrogen-bond acceptors (Lipinski definition) is 2. The molecule has 17 heavy (non-hydrogen) atoms. The van der Waals surface area contributed by atoms with Crippen molar-refractivity contribution in [1.29, 1.82) is 0 Å². The van der Waals surface area contributed by atoms with E-state index in [1.54, 1.807) is 4.68 Å². The Kier molecular flexibility index (Phi) is 2.37. The monoisotopic (exact) mass is 246 g/mol. The SMILES string of the molecule is Cc1ccn(-c2nc3ccccn3c2CCl)n1. The number of imidazole rings is 1. The van der Waals surface area contributed by atoms with Gasteiger partial charge in [-0.3, -0.25) is 0 Å². The Hall–Kier alpha value is -1.81. The summed E-state index contributed by atoms with van der Waals surface area (Å²) in [7, 11) is 0. The summed E-state index contributed by atoms with van der Waals surface area (Å²) in [5.41, 5.74) is 2.79. The van der Waals surface area contributed by atoms with Gasteiger partial charge in [0.05, 0.1) is 17.3 Å². The number of pyridine rings is 1. The molecule has 0 spiro atoms. The van der Waals surface area contributed by atoms with Crippen LogP contribution in [0.5, 0.6) is 0 Å². The zero-order valence-electron chi connectivity index (χ0n) is 9.34. The first-order valence-corrected chi connectivity index (χ1v) is 5.87. The van der Waals surface area contributed by atoms with Gasteiger partial charge in [-0.1, -0.05) is 6.07 Å². The number of aromatic nitrogens is 4. The first-order valence-electron chi connectivity index (χ1n) is 5.34. The Balaban J connectivity index is 2.29. The maximum Gasteiger partial charge on any atom is 0.176 e. The second kappa shape index (κ2) is 3.89. The van der Waals surface area contributed by atoms with Gasteiger partial charge >= 0.3 is 0 Å². The van der Waals surface area contributed by atoms with Crippen LogP contribution in [-0.4, -0.2) is 19.2 Å². The van der Waals surface area contributed by atoms with Gasteiger partial charge in [-0.25, -0.2) is 9.67 Å². The molecule has 0 aliphatic heterocycles. The lowest BCUT2D eigenvalue weighted by Gasteiger charge is -2.00. The molecule has 3 aromatic heterocycles. The highest BCUT2D eigenvalue weighted by molar-refractivity contribution is 6.17. The Morgan fingerprint density at radius 3 is 2.82 bits per heavy atom. The van der Waals surface area contributed by atoms with E-state index in [-0.39, 0.29) is 0 Å². The molecule has 0 unspecified atom stereocenters. The van der Waals surface area contributed by atoms with E-state index in [1.807, 2.05) is 48.0 Å².